The van der Waals surface area contributed by atoms with E-state index in [-0.39, 0.29) is 0 Å². The first kappa shape index (κ1) is 11.7. The molecule has 2 aliphatic rings. The zero-order chi connectivity index (χ0) is 12.5. The van der Waals surface area contributed by atoms with E-state index in [0.717, 1.165) is 18.7 Å². The lowest BCUT2D eigenvalue weighted by molar-refractivity contribution is 0.0680. The van der Waals surface area contributed by atoms with Gasteiger partial charge in [0.05, 0.1) is 17.7 Å². The summed E-state index contributed by atoms with van der Waals surface area (Å²) in [6.07, 6.45) is 2.98. The van der Waals surface area contributed by atoms with Crippen LogP contribution >= 0.6 is 0 Å². The third-order valence-electron chi connectivity index (χ3n) is 4.33. The van der Waals surface area contributed by atoms with Crippen LogP contribution in [0.25, 0.3) is 0 Å². The van der Waals surface area contributed by atoms with E-state index in [0.29, 0.717) is 18.1 Å². The molecule has 3 unspecified atom stereocenters. The minimum Gasteiger partial charge on any atom is -0.379 e. The molecule has 2 fully saturated rings. The normalized spacial score (nSPS) is 30.6. The average Bonchev–Trinajstić information content (AvgIpc) is 2.95. The number of methoxy groups -OCH3 is 1. The summed E-state index contributed by atoms with van der Waals surface area (Å²) in [6.45, 7) is 2.08. The maximum atomic E-state index is 8.92. The summed E-state index contributed by atoms with van der Waals surface area (Å²) in [7, 11) is 1.83. The van der Waals surface area contributed by atoms with Gasteiger partial charge < -0.3 is 4.74 Å². The van der Waals surface area contributed by atoms with Crippen LogP contribution in [0, 0.1) is 17.2 Å². The molecule has 1 aromatic carbocycles. The summed E-state index contributed by atoms with van der Waals surface area (Å²) in [6, 6.07) is 10.7. The quantitative estimate of drug-likeness (QED) is 0.815. The molecule has 3 atom stereocenters. The lowest BCUT2D eigenvalue weighted by Crippen LogP contribution is -2.34. The first-order chi connectivity index (χ1) is 8.81. The fraction of sp³-hybridized carbons (Fsp3) is 0.533. The van der Waals surface area contributed by atoms with Crippen molar-refractivity contribution in [2.75, 3.05) is 13.7 Å². The van der Waals surface area contributed by atoms with Crippen LogP contribution in [0.2, 0.25) is 0 Å². The van der Waals surface area contributed by atoms with Crippen molar-refractivity contribution in [3.63, 3.8) is 0 Å². The molecule has 1 saturated heterocycles. The summed E-state index contributed by atoms with van der Waals surface area (Å²) in [5.41, 5.74) is 1.98. The van der Waals surface area contributed by atoms with Gasteiger partial charge in [0.2, 0.25) is 0 Å². The number of hydrogen-bond acceptors (Lipinski definition) is 3. The van der Waals surface area contributed by atoms with Crippen LogP contribution < -0.4 is 0 Å². The Bertz CT molecular complexity index is 480. The van der Waals surface area contributed by atoms with Gasteiger partial charge in [0, 0.05) is 26.2 Å². The molecule has 1 heterocycles. The minimum absolute atomic E-state index is 0.421. The maximum Gasteiger partial charge on any atom is 0.0991 e. The molecule has 0 radical (unpaired) electrons. The summed E-state index contributed by atoms with van der Waals surface area (Å²) < 4.78 is 5.62. The Morgan fingerprint density at radius 3 is 3.06 bits per heavy atom. The Kier molecular flexibility index (Phi) is 3.07. The van der Waals surface area contributed by atoms with Gasteiger partial charge in [0.25, 0.3) is 0 Å². The Morgan fingerprint density at radius 1 is 1.44 bits per heavy atom. The predicted molar refractivity (Wildman–Crippen MR) is 68.9 cm³/mol. The molecule has 1 aromatic rings. The summed E-state index contributed by atoms with van der Waals surface area (Å²) in [5, 5.41) is 8.92. The monoisotopic (exact) mass is 242 g/mol. The SMILES string of the molecule is COC1C2CCC1N(Cc1cccc(C#N)c1)C2. The third-order valence-corrected chi connectivity index (χ3v) is 4.33. The summed E-state index contributed by atoms with van der Waals surface area (Å²) in [4.78, 5) is 2.51. The molecule has 1 aliphatic heterocycles. The van der Waals surface area contributed by atoms with Crippen molar-refractivity contribution < 1.29 is 4.74 Å². The second-order valence-electron chi connectivity index (χ2n) is 5.35. The lowest BCUT2D eigenvalue weighted by Gasteiger charge is -2.26. The standard InChI is InChI=1S/C15H18N2O/c1-18-15-13-5-6-14(15)17(10-13)9-12-4-2-3-11(7-12)8-16/h2-4,7,13-15H,5-6,9-10H2,1H3. The Hall–Kier alpha value is -1.37. The van der Waals surface area contributed by atoms with Crippen LogP contribution in [0.15, 0.2) is 24.3 Å². The largest absolute Gasteiger partial charge is 0.379 e. The highest BCUT2D eigenvalue weighted by atomic mass is 16.5. The molecule has 0 aromatic heterocycles. The van der Waals surface area contributed by atoms with Crippen molar-refractivity contribution >= 4 is 0 Å². The number of benzene rings is 1. The van der Waals surface area contributed by atoms with E-state index in [1.807, 2.05) is 25.3 Å². The highest BCUT2D eigenvalue weighted by Gasteiger charge is 2.46. The number of nitrogens with zero attached hydrogens (tertiary/aromatic N) is 2. The zero-order valence-corrected chi connectivity index (χ0v) is 10.7. The number of likely N-dealkylation sites (tertiary alicyclic amines) is 1. The number of ether oxygens (including phenoxy) is 1. The van der Waals surface area contributed by atoms with Crippen LogP contribution in [0.1, 0.15) is 24.0 Å². The Morgan fingerprint density at radius 2 is 2.33 bits per heavy atom. The Balaban J connectivity index is 1.73. The van der Waals surface area contributed by atoms with E-state index in [1.54, 1.807) is 0 Å². The van der Waals surface area contributed by atoms with E-state index >= 15 is 0 Å². The first-order valence-corrected chi connectivity index (χ1v) is 6.57. The number of piperidine rings is 1. The number of hydrogen-bond donors (Lipinski definition) is 0. The van der Waals surface area contributed by atoms with Crippen LogP contribution in [0.3, 0.4) is 0 Å². The van der Waals surface area contributed by atoms with Gasteiger partial charge in [0.15, 0.2) is 0 Å². The highest BCUT2D eigenvalue weighted by molar-refractivity contribution is 5.32. The van der Waals surface area contributed by atoms with E-state index in [1.165, 1.54) is 18.4 Å². The molecular formula is C15H18N2O. The van der Waals surface area contributed by atoms with Gasteiger partial charge in [-0.15, -0.1) is 0 Å². The second-order valence-corrected chi connectivity index (χ2v) is 5.35. The molecule has 3 rings (SSSR count). The van der Waals surface area contributed by atoms with Crippen LogP contribution in [0.4, 0.5) is 0 Å². The van der Waals surface area contributed by atoms with Crippen molar-refractivity contribution in [3.8, 4) is 6.07 Å². The van der Waals surface area contributed by atoms with Crippen LogP contribution in [0.5, 0.6) is 0 Å². The Labute approximate surface area is 108 Å². The second kappa shape index (κ2) is 4.72. The smallest absolute Gasteiger partial charge is 0.0991 e. The first-order valence-electron chi connectivity index (χ1n) is 6.57. The highest BCUT2D eigenvalue weighted by Crippen LogP contribution is 2.40. The van der Waals surface area contributed by atoms with Crippen molar-refractivity contribution in [2.45, 2.75) is 31.5 Å². The van der Waals surface area contributed by atoms with Crippen molar-refractivity contribution in [1.82, 2.24) is 4.90 Å². The van der Waals surface area contributed by atoms with E-state index < -0.39 is 0 Å². The summed E-state index contributed by atoms with van der Waals surface area (Å²) in [5.74, 6) is 0.708. The van der Waals surface area contributed by atoms with Gasteiger partial charge in [-0.05, 0) is 36.5 Å². The lowest BCUT2D eigenvalue weighted by atomic mass is 10.1. The molecular weight excluding hydrogens is 224 g/mol. The van der Waals surface area contributed by atoms with Crippen LogP contribution in [-0.2, 0) is 11.3 Å². The molecule has 1 aliphatic carbocycles. The number of rotatable bonds is 3. The fourth-order valence-corrected chi connectivity index (χ4v) is 3.55. The van der Waals surface area contributed by atoms with E-state index in [9.17, 15) is 0 Å². The van der Waals surface area contributed by atoms with Crippen LogP contribution in [-0.4, -0.2) is 30.7 Å². The molecule has 0 N–H and O–H groups in total. The van der Waals surface area contributed by atoms with Gasteiger partial charge in [0.1, 0.15) is 0 Å². The van der Waals surface area contributed by atoms with Gasteiger partial charge in [-0.25, -0.2) is 0 Å². The van der Waals surface area contributed by atoms with Gasteiger partial charge >= 0.3 is 0 Å². The van der Waals surface area contributed by atoms with E-state index in [4.69, 9.17) is 10.00 Å². The topological polar surface area (TPSA) is 36.3 Å². The van der Waals surface area contributed by atoms with Gasteiger partial charge in [-0.1, -0.05) is 12.1 Å². The molecule has 18 heavy (non-hydrogen) atoms. The van der Waals surface area contributed by atoms with Gasteiger partial charge in [-0.3, -0.25) is 4.90 Å². The molecule has 3 nitrogen and oxygen atoms in total. The maximum absolute atomic E-state index is 8.92. The molecule has 94 valence electrons. The van der Waals surface area contributed by atoms with Gasteiger partial charge in [-0.2, -0.15) is 5.26 Å². The summed E-state index contributed by atoms with van der Waals surface area (Å²) >= 11 is 0. The number of nitriles is 1. The van der Waals surface area contributed by atoms with E-state index in [2.05, 4.69) is 17.0 Å². The molecule has 0 spiro atoms. The molecule has 2 bridgehead atoms. The van der Waals surface area contributed by atoms with Crippen molar-refractivity contribution in [3.05, 3.63) is 35.4 Å². The van der Waals surface area contributed by atoms with Crippen molar-refractivity contribution in [2.24, 2.45) is 5.92 Å². The molecule has 0 amide bonds. The van der Waals surface area contributed by atoms with Crippen molar-refractivity contribution in [1.29, 1.82) is 5.26 Å². The minimum atomic E-state index is 0.421. The fourth-order valence-electron chi connectivity index (χ4n) is 3.55. The average molecular weight is 242 g/mol. The molecule has 3 heteroatoms. The zero-order valence-electron chi connectivity index (χ0n) is 10.7. The molecule has 1 saturated carbocycles. The predicted octanol–water partition coefficient (Wildman–Crippen LogP) is 2.17. The third kappa shape index (κ3) is 1.92. The number of fused-ring (bicyclic) bond motifs is 2.